The zero-order chi connectivity index (χ0) is 24.6. The summed E-state index contributed by atoms with van der Waals surface area (Å²) in [5.41, 5.74) is 1.47. The van der Waals surface area contributed by atoms with Crippen LogP contribution in [-0.4, -0.2) is 71.5 Å². The predicted octanol–water partition coefficient (Wildman–Crippen LogP) is 3.16. The van der Waals surface area contributed by atoms with Crippen molar-refractivity contribution in [3.8, 4) is 5.75 Å². The molecule has 2 saturated heterocycles. The molecule has 35 heavy (non-hydrogen) atoms. The van der Waals surface area contributed by atoms with Crippen LogP contribution in [0.4, 0.5) is 5.95 Å². The molecule has 9 heteroatoms. The molecule has 2 aromatic rings. The molecule has 1 aromatic carbocycles. The first-order valence-electron chi connectivity index (χ1n) is 13.0. The van der Waals surface area contributed by atoms with Crippen LogP contribution < -0.4 is 15.0 Å². The molecule has 1 amide bonds. The van der Waals surface area contributed by atoms with Gasteiger partial charge in [0, 0.05) is 24.7 Å². The largest absolute Gasteiger partial charge is 0.494 e. The van der Waals surface area contributed by atoms with Gasteiger partial charge < -0.3 is 24.6 Å². The Bertz CT molecular complexity index is 951. The maximum atomic E-state index is 12.3. The van der Waals surface area contributed by atoms with E-state index >= 15 is 0 Å². The van der Waals surface area contributed by atoms with Crippen LogP contribution in [0, 0.1) is 12.8 Å². The van der Waals surface area contributed by atoms with E-state index in [9.17, 15) is 4.79 Å². The normalized spacial score (nSPS) is 18.1. The van der Waals surface area contributed by atoms with E-state index in [4.69, 9.17) is 14.4 Å². The molecule has 2 fully saturated rings. The maximum Gasteiger partial charge on any atom is 0.266 e. The minimum atomic E-state index is -0.269. The van der Waals surface area contributed by atoms with Crippen LogP contribution in [-0.2, 0) is 6.54 Å². The first-order chi connectivity index (χ1) is 17.0. The summed E-state index contributed by atoms with van der Waals surface area (Å²) < 4.78 is 11.4. The van der Waals surface area contributed by atoms with Gasteiger partial charge in [0.05, 0.1) is 19.8 Å². The van der Waals surface area contributed by atoms with Crippen LogP contribution in [0.2, 0.25) is 0 Å². The average Bonchev–Trinajstić information content (AvgIpc) is 3.55. The minimum Gasteiger partial charge on any atom is -0.494 e. The van der Waals surface area contributed by atoms with Crippen LogP contribution in [0.15, 0.2) is 22.7 Å². The number of amides is 1. The van der Waals surface area contributed by atoms with Crippen LogP contribution in [0.25, 0.3) is 0 Å². The fraction of sp³-hybridized carbons (Fsp3) is 0.654. The van der Waals surface area contributed by atoms with Crippen molar-refractivity contribution in [2.24, 2.45) is 5.92 Å². The second-order valence-electron chi connectivity index (χ2n) is 9.93. The first kappa shape index (κ1) is 25.4. The molecule has 2 aliphatic heterocycles. The number of hydrogen-bond acceptors (Lipinski definition) is 8. The van der Waals surface area contributed by atoms with Crippen molar-refractivity contribution >= 4 is 11.9 Å². The number of carbonyl (C=O) groups excluding carboxylic acids is 1. The Balaban J connectivity index is 1.14. The van der Waals surface area contributed by atoms with Crippen molar-refractivity contribution in [2.75, 3.05) is 44.3 Å². The zero-order valence-corrected chi connectivity index (χ0v) is 21.0. The zero-order valence-electron chi connectivity index (χ0n) is 21.0. The second-order valence-corrected chi connectivity index (χ2v) is 9.93. The quantitative estimate of drug-likeness (QED) is 0.468. The summed E-state index contributed by atoms with van der Waals surface area (Å²) >= 11 is 0. The number of aromatic nitrogens is 2. The summed E-state index contributed by atoms with van der Waals surface area (Å²) in [5, 5.41) is 16.1. The van der Waals surface area contributed by atoms with E-state index in [2.05, 4.69) is 25.3 Å². The molecule has 0 unspecified atom stereocenters. The van der Waals surface area contributed by atoms with Crippen molar-refractivity contribution in [2.45, 2.75) is 65.0 Å². The Kier molecular flexibility index (Phi) is 8.98. The number of aryl methyl sites for hydroxylation is 1. The molecule has 9 nitrogen and oxygen atoms in total. The molecule has 1 atom stereocenters. The van der Waals surface area contributed by atoms with E-state index in [0.717, 1.165) is 81.6 Å². The highest BCUT2D eigenvalue weighted by molar-refractivity contribution is 5.95. The van der Waals surface area contributed by atoms with Crippen molar-refractivity contribution in [3.63, 3.8) is 0 Å². The van der Waals surface area contributed by atoms with Gasteiger partial charge in [0.2, 0.25) is 5.89 Å². The number of aliphatic hydroxyl groups excluding tert-OH is 1. The Morgan fingerprint density at radius 1 is 1.26 bits per heavy atom. The number of nitrogens with one attached hydrogen (secondary N) is 1. The Morgan fingerprint density at radius 3 is 2.74 bits per heavy atom. The molecule has 192 valence electrons. The second kappa shape index (κ2) is 12.4. The highest BCUT2D eigenvalue weighted by Crippen LogP contribution is 2.25. The monoisotopic (exact) mass is 485 g/mol. The molecule has 2 N–H and O–H groups in total. The third-order valence-corrected chi connectivity index (χ3v) is 7.03. The predicted molar refractivity (Wildman–Crippen MR) is 134 cm³/mol. The van der Waals surface area contributed by atoms with Crippen LogP contribution in [0.3, 0.4) is 0 Å². The SMILES string of the molecule is Cc1cc(OCCCC2CCN(c3noc(CN4CCCC4)n3)CC2)ccc1C(=O)N[C@H](C)CO. The molecule has 0 bridgehead atoms. The molecule has 0 radical (unpaired) electrons. The average molecular weight is 486 g/mol. The lowest BCUT2D eigenvalue weighted by molar-refractivity contribution is 0.0921. The van der Waals surface area contributed by atoms with E-state index in [1.54, 1.807) is 13.0 Å². The number of ether oxygens (including phenoxy) is 1. The maximum absolute atomic E-state index is 12.3. The fourth-order valence-electron chi connectivity index (χ4n) is 4.88. The van der Waals surface area contributed by atoms with Gasteiger partial charge >= 0.3 is 0 Å². The van der Waals surface area contributed by atoms with E-state index in [1.165, 1.54) is 12.8 Å². The molecule has 0 aliphatic carbocycles. The van der Waals surface area contributed by atoms with Gasteiger partial charge in [-0.05, 0) is 100 Å². The number of rotatable bonds is 11. The molecule has 4 rings (SSSR count). The Morgan fingerprint density at radius 2 is 2.03 bits per heavy atom. The van der Waals surface area contributed by atoms with Gasteiger partial charge in [-0.15, -0.1) is 0 Å². The third-order valence-electron chi connectivity index (χ3n) is 7.03. The van der Waals surface area contributed by atoms with Gasteiger partial charge in [-0.2, -0.15) is 4.98 Å². The lowest BCUT2D eigenvalue weighted by atomic mass is 9.92. The first-order valence-corrected chi connectivity index (χ1v) is 13.0. The third kappa shape index (κ3) is 7.18. The lowest BCUT2D eigenvalue weighted by Gasteiger charge is -2.30. The van der Waals surface area contributed by atoms with E-state index in [-0.39, 0.29) is 18.6 Å². The molecule has 2 aliphatic rings. The van der Waals surface area contributed by atoms with Crippen molar-refractivity contribution < 1.29 is 19.2 Å². The summed E-state index contributed by atoms with van der Waals surface area (Å²) in [6.45, 7) is 9.20. The highest BCUT2D eigenvalue weighted by Gasteiger charge is 2.23. The number of hydrogen-bond donors (Lipinski definition) is 2. The molecule has 3 heterocycles. The van der Waals surface area contributed by atoms with Gasteiger partial charge in [-0.1, -0.05) is 0 Å². The van der Waals surface area contributed by atoms with Crippen LogP contribution in [0.5, 0.6) is 5.75 Å². The molecule has 0 saturated carbocycles. The molecular formula is C26H39N5O4. The number of carbonyl (C=O) groups is 1. The van der Waals surface area contributed by atoms with E-state index in [1.807, 2.05) is 19.1 Å². The Hall–Kier alpha value is -2.65. The number of nitrogens with zero attached hydrogens (tertiary/aromatic N) is 4. The van der Waals surface area contributed by atoms with Gasteiger partial charge in [-0.25, -0.2) is 0 Å². The van der Waals surface area contributed by atoms with E-state index in [0.29, 0.717) is 18.1 Å². The van der Waals surface area contributed by atoms with Gasteiger partial charge in [0.15, 0.2) is 0 Å². The number of anilines is 1. The summed E-state index contributed by atoms with van der Waals surface area (Å²) in [6, 6.07) is 5.26. The number of piperidine rings is 1. The number of likely N-dealkylation sites (tertiary alicyclic amines) is 1. The van der Waals surface area contributed by atoms with Gasteiger partial charge in [0.1, 0.15) is 5.75 Å². The number of benzene rings is 1. The van der Waals surface area contributed by atoms with Crippen molar-refractivity contribution in [1.82, 2.24) is 20.4 Å². The minimum absolute atomic E-state index is 0.0814. The summed E-state index contributed by atoms with van der Waals surface area (Å²) in [5.74, 6) is 2.76. The molecule has 1 aromatic heterocycles. The van der Waals surface area contributed by atoms with Crippen LogP contribution >= 0.6 is 0 Å². The lowest BCUT2D eigenvalue weighted by Crippen LogP contribution is -2.35. The van der Waals surface area contributed by atoms with E-state index < -0.39 is 0 Å². The molecular weight excluding hydrogens is 446 g/mol. The van der Waals surface area contributed by atoms with Crippen molar-refractivity contribution in [3.05, 3.63) is 35.2 Å². The summed E-state index contributed by atoms with van der Waals surface area (Å²) in [7, 11) is 0. The number of aliphatic hydroxyl groups is 1. The Labute approximate surface area is 207 Å². The van der Waals surface area contributed by atoms with Crippen molar-refractivity contribution in [1.29, 1.82) is 0 Å². The summed E-state index contributed by atoms with van der Waals surface area (Å²) in [4.78, 5) is 21.5. The van der Waals surface area contributed by atoms with Gasteiger partial charge in [0.25, 0.3) is 11.9 Å². The smallest absolute Gasteiger partial charge is 0.266 e. The molecule has 0 spiro atoms. The summed E-state index contributed by atoms with van der Waals surface area (Å²) in [6.07, 6.45) is 6.92. The highest BCUT2D eigenvalue weighted by atomic mass is 16.5. The van der Waals surface area contributed by atoms with Gasteiger partial charge in [-0.3, -0.25) is 9.69 Å². The topological polar surface area (TPSA) is 104 Å². The standard InChI is InChI=1S/C26H39N5O4/c1-19-16-22(7-8-23(19)25(33)27-20(2)18-32)34-15-5-6-21-9-13-31(14-10-21)26-28-24(35-29-26)17-30-11-3-4-12-30/h7-8,16,20-21,32H,3-6,9-15,17-18H2,1-2H3,(H,27,33)/t20-/m1/s1. The van der Waals surface area contributed by atoms with Crippen LogP contribution in [0.1, 0.15) is 67.3 Å². The fourth-order valence-corrected chi connectivity index (χ4v) is 4.88.